The molecule has 1 aliphatic rings. The van der Waals surface area contributed by atoms with E-state index >= 15 is 0 Å². The number of aromatic hydroxyl groups is 1. The predicted octanol–water partition coefficient (Wildman–Crippen LogP) is 4.58. The van der Waals surface area contributed by atoms with Gasteiger partial charge in [0, 0.05) is 31.3 Å². The lowest BCUT2D eigenvalue weighted by molar-refractivity contribution is 0.0635. The Morgan fingerprint density at radius 3 is 1.91 bits per heavy atom. The van der Waals surface area contributed by atoms with Crippen LogP contribution in [0.1, 0.15) is 39.1 Å². The Kier molecular flexibility index (Phi) is 5.53. The summed E-state index contributed by atoms with van der Waals surface area (Å²) in [7, 11) is 0. The van der Waals surface area contributed by atoms with Gasteiger partial charge in [-0.3, -0.25) is 9.59 Å². The quantitative estimate of drug-likeness (QED) is 0.498. The Hall–Kier alpha value is -4.12. The fraction of sp³-hybridized carbons (Fsp3) is 0.143. The van der Waals surface area contributed by atoms with Gasteiger partial charge in [-0.1, -0.05) is 91.0 Å². The molecule has 5 rings (SSSR count). The van der Waals surface area contributed by atoms with Crippen LogP contribution in [0.3, 0.4) is 0 Å². The summed E-state index contributed by atoms with van der Waals surface area (Å²) in [5, 5.41) is 10.7. The van der Waals surface area contributed by atoms with Crippen molar-refractivity contribution in [3.8, 4) is 5.75 Å². The van der Waals surface area contributed by atoms with Gasteiger partial charge in [0.05, 0.1) is 6.04 Å². The maximum Gasteiger partial charge on any atom is 0.274 e. The molecule has 3 aromatic carbocycles. The minimum absolute atomic E-state index is 0.0477. The molecule has 0 fully saturated rings. The molecule has 5 nitrogen and oxygen atoms in total. The van der Waals surface area contributed by atoms with Gasteiger partial charge >= 0.3 is 0 Å². The average Bonchev–Trinajstić information content (AvgIpc) is 2.86. The number of hydrogen-bond donors (Lipinski definition) is 1. The SMILES string of the molecule is O=C1c2c(O)c(=O)ccn2[C@@H](C(c2ccccc2)c2ccccc2)CN1Cc1ccccc1. The number of nitrogens with zero attached hydrogens (tertiary/aromatic N) is 2. The van der Waals surface area contributed by atoms with Gasteiger partial charge in [0.1, 0.15) is 0 Å². The van der Waals surface area contributed by atoms with E-state index in [9.17, 15) is 14.7 Å². The third-order valence-electron chi connectivity index (χ3n) is 6.28. The Balaban J connectivity index is 1.67. The zero-order valence-corrected chi connectivity index (χ0v) is 18.0. The monoisotopic (exact) mass is 436 g/mol. The maximum absolute atomic E-state index is 13.4. The normalized spacial score (nSPS) is 15.5. The van der Waals surface area contributed by atoms with E-state index in [0.29, 0.717) is 13.1 Å². The van der Waals surface area contributed by atoms with Crippen LogP contribution in [0, 0.1) is 0 Å². The minimum Gasteiger partial charge on any atom is -0.503 e. The van der Waals surface area contributed by atoms with E-state index in [4.69, 9.17) is 0 Å². The Morgan fingerprint density at radius 1 is 0.788 bits per heavy atom. The van der Waals surface area contributed by atoms with Crippen molar-refractivity contribution < 1.29 is 9.90 Å². The molecule has 0 radical (unpaired) electrons. The molecule has 0 aliphatic carbocycles. The molecule has 164 valence electrons. The van der Waals surface area contributed by atoms with Crippen LogP contribution in [-0.2, 0) is 6.54 Å². The fourth-order valence-electron chi connectivity index (χ4n) is 4.74. The molecule has 2 heterocycles. The highest BCUT2D eigenvalue weighted by molar-refractivity contribution is 5.96. The Morgan fingerprint density at radius 2 is 1.33 bits per heavy atom. The molecule has 0 bridgehead atoms. The predicted molar refractivity (Wildman–Crippen MR) is 127 cm³/mol. The first-order chi connectivity index (χ1) is 16.1. The number of pyridine rings is 1. The highest BCUT2D eigenvalue weighted by Crippen LogP contribution is 2.40. The summed E-state index contributed by atoms with van der Waals surface area (Å²) in [6, 6.07) is 31.2. The number of amides is 1. The first-order valence-electron chi connectivity index (χ1n) is 11.0. The van der Waals surface area contributed by atoms with Crippen molar-refractivity contribution in [1.29, 1.82) is 0 Å². The third-order valence-corrected chi connectivity index (χ3v) is 6.28. The zero-order chi connectivity index (χ0) is 22.8. The van der Waals surface area contributed by atoms with Gasteiger partial charge in [-0.2, -0.15) is 0 Å². The van der Waals surface area contributed by atoms with Gasteiger partial charge in [0.25, 0.3) is 5.91 Å². The molecule has 0 saturated carbocycles. The number of carbonyl (C=O) groups is 1. The number of benzene rings is 3. The van der Waals surface area contributed by atoms with Crippen molar-refractivity contribution in [2.24, 2.45) is 0 Å². The first kappa shape index (κ1) is 20.8. The molecule has 1 aromatic heterocycles. The molecular formula is C28H24N2O3. The highest BCUT2D eigenvalue weighted by Gasteiger charge is 2.38. The van der Waals surface area contributed by atoms with E-state index in [1.54, 1.807) is 15.7 Å². The molecule has 0 unspecified atom stereocenters. The van der Waals surface area contributed by atoms with Crippen LogP contribution in [-0.4, -0.2) is 27.0 Å². The molecule has 33 heavy (non-hydrogen) atoms. The summed E-state index contributed by atoms with van der Waals surface area (Å²) in [6.07, 6.45) is 1.64. The lowest BCUT2D eigenvalue weighted by Gasteiger charge is -2.40. The molecule has 1 aliphatic heterocycles. The van der Waals surface area contributed by atoms with E-state index in [1.807, 2.05) is 66.7 Å². The molecule has 0 saturated heterocycles. The van der Waals surface area contributed by atoms with Crippen LogP contribution < -0.4 is 5.43 Å². The first-order valence-corrected chi connectivity index (χ1v) is 11.0. The van der Waals surface area contributed by atoms with Crippen LogP contribution in [0.2, 0.25) is 0 Å². The van der Waals surface area contributed by atoms with Crippen LogP contribution in [0.4, 0.5) is 0 Å². The van der Waals surface area contributed by atoms with Crippen molar-refractivity contribution in [3.63, 3.8) is 0 Å². The van der Waals surface area contributed by atoms with E-state index in [1.165, 1.54) is 6.07 Å². The minimum atomic E-state index is -0.550. The Bertz CT molecular complexity index is 1280. The van der Waals surface area contributed by atoms with Crippen molar-refractivity contribution in [3.05, 3.63) is 136 Å². The highest BCUT2D eigenvalue weighted by atomic mass is 16.3. The van der Waals surface area contributed by atoms with Crippen molar-refractivity contribution in [2.45, 2.75) is 18.5 Å². The van der Waals surface area contributed by atoms with Gasteiger partial charge < -0.3 is 14.6 Å². The number of rotatable bonds is 5. The van der Waals surface area contributed by atoms with E-state index in [-0.39, 0.29) is 23.6 Å². The molecule has 1 N–H and O–H groups in total. The van der Waals surface area contributed by atoms with Crippen LogP contribution in [0.25, 0.3) is 0 Å². The summed E-state index contributed by atoms with van der Waals surface area (Å²) in [4.78, 5) is 27.5. The van der Waals surface area contributed by atoms with Crippen LogP contribution >= 0.6 is 0 Å². The average molecular weight is 437 g/mol. The van der Waals surface area contributed by atoms with Gasteiger partial charge in [0.15, 0.2) is 11.4 Å². The lowest BCUT2D eigenvalue weighted by Crippen LogP contribution is -2.45. The van der Waals surface area contributed by atoms with Crippen LogP contribution in [0.15, 0.2) is 108 Å². The third kappa shape index (κ3) is 3.94. The van der Waals surface area contributed by atoms with Gasteiger partial charge in [-0.05, 0) is 16.7 Å². The largest absolute Gasteiger partial charge is 0.503 e. The number of aromatic nitrogens is 1. The molecule has 4 aromatic rings. The summed E-state index contributed by atoms with van der Waals surface area (Å²) in [6.45, 7) is 0.840. The molecule has 5 heteroatoms. The second-order valence-electron chi connectivity index (χ2n) is 8.32. The van der Waals surface area contributed by atoms with E-state index in [0.717, 1.165) is 16.7 Å². The van der Waals surface area contributed by atoms with Crippen molar-refractivity contribution in [2.75, 3.05) is 6.54 Å². The van der Waals surface area contributed by atoms with Gasteiger partial charge in [-0.25, -0.2) is 0 Å². The smallest absolute Gasteiger partial charge is 0.274 e. The summed E-state index contributed by atoms with van der Waals surface area (Å²) < 4.78 is 1.78. The summed E-state index contributed by atoms with van der Waals surface area (Å²) in [5.41, 5.74) is 2.70. The molecular weight excluding hydrogens is 412 g/mol. The standard InChI is InChI=1S/C28H24N2O3/c31-24-16-17-30-23(25(21-12-6-2-7-13-21)22-14-8-3-9-15-22)19-29(28(33)26(30)27(24)32)18-20-10-4-1-5-11-20/h1-17,23,25,32H,18-19H2/t23-/m1/s1. The van der Waals surface area contributed by atoms with E-state index < -0.39 is 11.2 Å². The Labute approximate surface area is 192 Å². The zero-order valence-electron chi connectivity index (χ0n) is 18.0. The van der Waals surface area contributed by atoms with Crippen LogP contribution in [0.5, 0.6) is 5.75 Å². The maximum atomic E-state index is 13.4. The summed E-state index contributed by atoms with van der Waals surface area (Å²) in [5.74, 6) is -0.922. The van der Waals surface area contributed by atoms with Gasteiger partial charge in [0.2, 0.25) is 5.43 Å². The second kappa shape index (κ2) is 8.79. The number of fused-ring (bicyclic) bond motifs is 1. The second-order valence-corrected chi connectivity index (χ2v) is 8.32. The molecule has 1 atom stereocenters. The summed E-state index contributed by atoms with van der Waals surface area (Å²) >= 11 is 0. The topological polar surface area (TPSA) is 62.5 Å². The number of carbonyl (C=O) groups excluding carboxylic acids is 1. The van der Waals surface area contributed by atoms with Gasteiger partial charge in [-0.15, -0.1) is 0 Å². The van der Waals surface area contributed by atoms with E-state index in [2.05, 4.69) is 24.3 Å². The fourth-order valence-corrected chi connectivity index (χ4v) is 4.74. The lowest BCUT2D eigenvalue weighted by atomic mass is 9.83. The van der Waals surface area contributed by atoms with Crippen molar-refractivity contribution >= 4 is 5.91 Å². The number of hydrogen-bond acceptors (Lipinski definition) is 3. The molecule has 0 spiro atoms. The van der Waals surface area contributed by atoms with Crippen molar-refractivity contribution in [1.82, 2.24) is 9.47 Å². The molecule has 1 amide bonds.